The fraction of sp³-hybridized carbons (Fsp3) is 0.400. The maximum absolute atomic E-state index is 12.5. The number of rotatable bonds is 2. The molecule has 0 aliphatic carbocycles. The summed E-state index contributed by atoms with van der Waals surface area (Å²) in [6, 6.07) is 4.94. The average molecular weight is 274 g/mol. The van der Waals surface area contributed by atoms with Crippen molar-refractivity contribution in [1.82, 2.24) is 5.32 Å². The molecule has 2 rings (SSSR count). The van der Waals surface area contributed by atoms with Crippen molar-refractivity contribution in [2.45, 2.75) is 34.1 Å². The van der Waals surface area contributed by atoms with E-state index in [9.17, 15) is 14.4 Å². The first-order chi connectivity index (χ1) is 9.30. The number of aryl methyl sites for hydroxylation is 2. The third-order valence-corrected chi connectivity index (χ3v) is 3.65. The minimum absolute atomic E-state index is 0.491. The van der Waals surface area contributed by atoms with Crippen molar-refractivity contribution in [1.29, 1.82) is 0 Å². The Labute approximate surface area is 118 Å². The topological polar surface area (TPSA) is 66.5 Å². The fourth-order valence-electron chi connectivity index (χ4n) is 2.31. The molecule has 0 aromatic heterocycles. The number of carbonyl (C=O) groups is 3. The van der Waals surface area contributed by atoms with Crippen molar-refractivity contribution < 1.29 is 14.4 Å². The van der Waals surface area contributed by atoms with E-state index in [1.54, 1.807) is 0 Å². The summed E-state index contributed by atoms with van der Waals surface area (Å²) in [6.07, 6.45) is 0.697. The minimum Gasteiger partial charge on any atom is -0.276 e. The molecule has 1 aliphatic rings. The number of hydrogen-bond donors (Lipinski definition) is 1. The largest absolute Gasteiger partial charge is 0.335 e. The Kier molecular flexibility index (Phi) is 3.38. The Morgan fingerprint density at radius 1 is 1.20 bits per heavy atom. The van der Waals surface area contributed by atoms with E-state index in [1.807, 2.05) is 32.0 Å². The minimum atomic E-state index is -1.25. The van der Waals surface area contributed by atoms with Gasteiger partial charge in [-0.1, -0.05) is 25.1 Å². The smallest absolute Gasteiger partial charge is 0.276 e. The first kappa shape index (κ1) is 14.2. The zero-order valence-electron chi connectivity index (χ0n) is 12.1. The molecular weight excluding hydrogens is 256 g/mol. The van der Waals surface area contributed by atoms with Crippen LogP contribution in [0.3, 0.4) is 0 Å². The fourth-order valence-corrected chi connectivity index (χ4v) is 2.31. The van der Waals surface area contributed by atoms with E-state index in [0.717, 1.165) is 16.0 Å². The van der Waals surface area contributed by atoms with Crippen LogP contribution in [0, 0.1) is 12.3 Å². The van der Waals surface area contributed by atoms with Gasteiger partial charge in [0.1, 0.15) is 5.41 Å². The van der Waals surface area contributed by atoms with Crippen LogP contribution < -0.4 is 10.2 Å². The standard InChI is InChI=1S/C15H18N2O3/c1-5-10-8-6-7-9(2)11(10)17-13(19)15(3,4)12(18)16-14(17)20/h6-8H,5H2,1-4H3,(H,16,18,20). The Hall–Kier alpha value is -2.17. The van der Waals surface area contributed by atoms with E-state index in [-0.39, 0.29) is 0 Å². The second-order valence-corrected chi connectivity index (χ2v) is 5.46. The van der Waals surface area contributed by atoms with Crippen molar-refractivity contribution in [2.24, 2.45) is 5.41 Å². The maximum Gasteiger partial charge on any atom is 0.335 e. The lowest BCUT2D eigenvalue weighted by molar-refractivity contribution is -0.140. The molecule has 1 aliphatic heterocycles. The molecule has 1 N–H and O–H groups in total. The molecule has 1 aromatic rings. The summed E-state index contributed by atoms with van der Waals surface area (Å²) in [7, 11) is 0. The molecule has 4 amide bonds. The number of urea groups is 1. The molecule has 5 nitrogen and oxygen atoms in total. The average Bonchev–Trinajstić information content (AvgIpc) is 2.38. The second kappa shape index (κ2) is 4.74. The lowest BCUT2D eigenvalue weighted by atomic mass is 9.88. The molecule has 0 spiro atoms. The van der Waals surface area contributed by atoms with Crippen molar-refractivity contribution in [2.75, 3.05) is 4.90 Å². The van der Waals surface area contributed by atoms with Gasteiger partial charge in [-0.2, -0.15) is 0 Å². The number of carbonyl (C=O) groups excluding carboxylic acids is 3. The quantitative estimate of drug-likeness (QED) is 0.840. The monoisotopic (exact) mass is 274 g/mol. The van der Waals surface area contributed by atoms with Crippen LogP contribution in [0.1, 0.15) is 31.9 Å². The number of imide groups is 2. The Bertz CT molecular complexity index is 605. The SMILES string of the molecule is CCc1cccc(C)c1N1C(=O)NC(=O)C(C)(C)C1=O. The highest BCUT2D eigenvalue weighted by Gasteiger charge is 2.48. The molecule has 106 valence electrons. The number of anilines is 1. The number of para-hydroxylation sites is 1. The molecule has 1 saturated heterocycles. The lowest BCUT2D eigenvalue weighted by Crippen LogP contribution is -2.62. The molecule has 1 aromatic carbocycles. The van der Waals surface area contributed by atoms with Gasteiger partial charge in [-0.3, -0.25) is 14.9 Å². The summed E-state index contributed by atoms with van der Waals surface area (Å²) in [4.78, 5) is 37.5. The van der Waals surface area contributed by atoms with Crippen LogP contribution in [0.15, 0.2) is 18.2 Å². The van der Waals surface area contributed by atoms with Crippen molar-refractivity contribution >= 4 is 23.5 Å². The third-order valence-electron chi connectivity index (χ3n) is 3.65. The molecule has 1 heterocycles. The first-order valence-corrected chi connectivity index (χ1v) is 6.59. The number of nitrogens with one attached hydrogen (secondary N) is 1. The Morgan fingerprint density at radius 2 is 1.85 bits per heavy atom. The summed E-state index contributed by atoms with van der Waals surface area (Å²) < 4.78 is 0. The van der Waals surface area contributed by atoms with Crippen LogP contribution in [0.2, 0.25) is 0 Å². The van der Waals surface area contributed by atoms with Crippen molar-refractivity contribution in [3.8, 4) is 0 Å². The van der Waals surface area contributed by atoms with Gasteiger partial charge in [-0.25, -0.2) is 9.69 Å². The van der Waals surface area contributed by atoms with Crippen LogP contribution in [0.4, 0.5) is 10.5 Å². The molecular formula is C15H18N2O3. The maximum atomic E-state index is 12.5. The van der Waals surface area contributed by atoms with E-state index in [2.05, 4.69) is 5.32 Å². The van der Waals surface area contributed by atoms with E-state index >= 15 is 0 Å². The number of hydrogen-bond acceptors (Lipinski definition) is 3. The van der Waals surface area contributed by atoms with Crippen LogP contribution >= 0.6 is 0 Å². The van der Waals surface area contributed by atoms with Crippen molar-refractivity contribution in [3.05, 3.63) is 29.3 Å². The number of amides is 4. The van der Waals surface area contributed by atoms with Gasteiger partial charge in [-0.15, -0.1) is 0 Å². The predicted octanol–water partition coefficient (Wildman–Crippen LogP) is 2.17. The molecule has 0 saturated carbocycles. The van der Waals surface area contributed by atoms with E-state index in [1.165, 1.54) is 13.8 Å². The highest BCUT2D eigenvalue weighted by Crippen LogP contribution is 2.32. The van der Waals surface area contributed by atoms with Crippen LogP contribution in [0.25, 0.3) is 0 Å². The highest BCUT2D eigenvalue weighted by atomic mass is 16.2. The molecule has 0 radical (unpaired) electrons. The van der Waals surface area contributed by atoms with Gasteiger partial charge < -0.3 is 0 Å². The van der Waals surface area contributed by atoms with Gasteiger partial charge in [0, 0.05) is 0 Å². The van der Waals surface area contributed by atoms with Gasteiger partial charge in [-0.05, 0) is 38.3 Å². The van der Waals surface area contributed by atoms with Gasteiger partial charge in [0.2, 0.25) is 11.8 Å². The highest BCUT2D eigenvalue weighted by molar-refractivity contribution is 6.29. The second-order valence-electron chi connectivity index (χ2n) is 5.46. The van der Waals surface area contributed by atoms with Gasteiger partial charge in [0.15, 0.2) is 0 Å². The van der Waals surface area contributed by atoms with E-state index in [0.29, 0.717) is 12.1 Å². The normalized spacial score (nSPS) is 18.2. The molecule has 1 fully saturated rings. The van der Waals surface area contributed by atoms with Gasteiger partial charge in [0.05, 0.1) is 5.69 Å². The summed E-state index contributed by atoms with van der Waals surface area (Å²) >= 11 is 0. The summed E-state index contributed by atoms with van der Waals surface area (Å²) in [5, 5.41) is 2.25. The Balaban J connectivity index is 2.60. The van der Waals surface area contributed by atoms with E-state index in [4.69, 9.17) is 0 Å². The molecule has 5 heteroatoms. The lowest BCUT2D eigenvalue weighted by Gasteiger charge is -2.36. The molecule has 20 heavy (non-hydrogen) atoms. The summed E-state index contributed by atoms with van der Waals surface area (Å²) in [5.41, 5.74) is 1.07. The summed E-state index contributed by atoms with van der Waals surface area (Å²) in [6.45, 7) is 6.85. The van der Waals surface area contributed by atoms with Crippen molar-refractivity contribution in [3.63, 3.8) is 0 Å². The van der Waals surface area contributed by atoms with Crippen LogP contribution in [0.5, 0.6) is 0 Å². The zero-order chi connectivity index (χ0) is 15.1. The van der Waals surface area contributed by atoms with E-state index < -0.39 is 23.3 Å². The van der Waals surface area contributed by atoms with Gasteiger partial charge in [0.25, 0.3) is 0 Å². The third kappa shape index (κ3) is 1.99. The summed E-state index contributed by atoms with van der Waals surface area (Å²) in [5.74, 6) is -1.05. The van der Waals surface area contributed by atoms with Crippen LogP contribution in [-0.4, -0.2) is 17.8 Å². The number of barbiturate groups is 1. The number of nitrogens with zero attached hydrogens (tertiary/aromatic N) is 1. The number of benzene rings is 1. The Morgan fingerprint density at radius 3 is 2.45 bits per heavy atom. The molecule has 0 unspecified atom stereocenters. The van der Waals surface area contributed by atoms with Gasteiger partial charge >= 0.3 is 6.03 Å². The van der Waals surface area contributed by atoms with Crippen LogP contribution in [-0.2, 0) is 16.0 Å². The molecule has 0 bridgehead atoms. The first-order valence-electron chi connectivity index (χ1n) is 6.59. The zero-order valence-corrected chi connectivity index (χ0v) is 12.1. The predicted molar refractivity (Wildman–Crippen MR) is 75.4 cm³/mol. The molecule has 0 atom stereocenters.